The number of carbonyl (C=O) groups excluding carboxylic acids is 3. The number of methoxy groups -OCH3 is 1. The highest BCUT2D eigenvalue weighted by atomic mass is 16.5. The molecule has 2 rings (SSSR count). The molecule has 2 N–H and O–H groups in total. The average molecular weight is 356 g/mol. The summed E-state index contributed by atoms with van der Waals surface area (Å²) in [6.45, 7) is -0.412. The van der Waals surface area contributed by atoms with Gasteiger partial charge in [0.1, 0.15) is 5.75 Å². The molecule has 0 aliphatic heterocycles. The van der Waals surface area contributed by atoms with Crippen LogP contribution in [0.25, 0.3) is 0 Å². The molecule has 0 saturated carbocycles. The molecule has 136 valence electrons. The largest absolute Gasteiger partial charge is 0.497 e. The van der Waals surface area contributed by atoms with Gasteiger partial charge in [0.05, 0.1) is 13.5 Å². The highest BCUT2D eigenvalue weighted by Gasteiger charge is 2.11. The van der Waals surface area contributed by atoms with Crippen LogP contribution in [0.3, 0.4) is 0 Å². The minimum atomic E-state index is -0.613. The smallest absolute Gasteiger partial charge is 0.306 e. The van der Waals surface area contributed by atoms with Gasteiger partial charge in [0, 0.05) is 17.8 Å². The third-order valence-electron chi connectivity index (χ3n) is 3.35. The first-order chi connectivity index (χ1) is 12.6. The van der Waals surface area contributed by atoms with Gasteiger partial charge in [0.2, 0.25) is 5.91 Å². The van der Waals surface area contributed by atoms with Crippen LogP contribution in [0.1, 0.15) is 12.8 Å². The second kappa shape index (κ2) is 9.83. The van der Waals surface area contributed by atoms with Gasteiger partial charge in [0.25, 0.3) is 5.91 Å². The lowest BCUT2D eigenvalue weighted by atomic mass is 10.2. The summed E-state index contributed by atoms with van der Waals surface area (Å²) in [6.07, 6.45) is -0.123. The number of hydrogen-bond donors (Lipinski definition) is 2. The second-order valence-corrected chi connectivity index (χ2v) is 5.35. The average Bonchev–Trinajstić information content (AvgIpc) is 2.66. The molecule has 0 spiro atoms. The molecule has 0 aromatic heterocycles. The number of ether oxygens (including phenoxy) is 2. The van der Waals surface area contributed by atoms with E-state index in [1.165, 1.54) is 0 Å². The zero-order chi connectivity index (χ0) is 18.8. The van der Waals surface area contributed by atoms with Crippen molar-refractivity contribution in [3.05, 3.63) is 54.6 Å². The van der Waals surface area contributed by atoms with E-state index in [1.807, 2.05) is 6.07 Å². The predicted molar refractivity (Wildman–Crippen MR) is 96.9 cm³/mol. The summed E-state index contributed by atoms with van der Waals surface area (Å²) in [4.78, 5) is 35.1. The topological polar surface area (TPSA) is 93.7 Å². The van der Waals surface area contributed by atoms with Crippen LogP contribution >= 0.6 is 0 Å². The maximum atomic E-state index is 11.8. The van der Waals surface area contributed by atoms with Crippen LogP contribution in [0.2, 0.25) is 0 Å². The van der Waals surface area contributed by atoms with Crippen molar-refractivity contribution in [3.8, 4) is 5.75 Å². The predicted octanol–water partition coefficient (Wildman–Crippen LogP) is 2.60. The highest BCUT2D eigenvalue weighted by Crippen LogP contribution is 2.14. The van der Waals surface area contributed by atoms with Crippen molar-refractivity contribution in [2.75, 3.05) is 24.4 Å². The number of carbonyl (C=O) groups is 3. The van der Waals surface area contributed by atoms with Crippen LogP contribution in [-0.2, 0) is 19.1 Å². The number of nitrogens with one attached hydrogen (secondary N) is 2. The van der Waals surface area contributed by atoms with Gasteiger partial charge < -0.3 is 20.1 Å². The number of amides is 2. The molecule has 26 heavy (non-hydrogen) atoms. The lowest BCUT2D eigenvalue weighted by Crippen LogP contribution is -2.21. The molecule has 2 aromatic carbocycles. The Labute approximate surface area is 151 Å². The van der Waals surface area contributed by atoms with Crippen molar-refractivity contribution in [1.29, 1.82) is 0 Å². The third kappa shape index (κ3) is 6.64. The third-order valence-corrected chi connectivity index (χ3v) is 3.35. The van der Waals surface area contributed by atoms with Crippen molar-refractivity contribution >= 4 is 29.2 Å². The Morgan fingerprint density at radius 2 is 1.42 bits per heavy atom. The van der Waals surface area contributed by atoms with Crippen molar-refractivity contribution in [1.82, 2.24) is 0 Å². The molecule has 2 aromatic rings. The van der Waals surface area contributed by atoms with Crippen LogP contribution in [0.15, 0.2) is 54.6 Å². The summed E-state index contributed by atoms with van der Waals surface area (Å²) < 4.78 is 9.89. The first-order valence-corrected chi connectivity index (χ1v) is 8.01. The molecule has 0 bridgehead atoms. The van der Waals surface area contributed by atoms with E-state index < -0.39 is 18.5 Å². The van der Waals surface area contributed by atoms with Crippen molar-refractivity contribution in [3.63, 3.8) is 0 Å². The number of anilines is 2. The summed E-state index contributed by atoms with van der Waals surface area (Å²) >= 11 is 0. The van der Waals surface area contributed by atoms with Gasteiger partial charge in [-0.1, -0.05) is 18.2 Å². The fourth-order valence-corrected chi connectivity index (χ4v) is 2.05. The van der Waals surface area contributed by atoms with E-state index in [0.717, 1.165) is 0 Å². The summed E-state index contributed by atoms with van der Waals surface area (Å²) in [5.74, 6) is -0.700. The van der Waals surface area contributed by atoms with Gasteiger partial charge in [-0.3, -0.25) is 14.4 Å². The van der Waals surface area contributed by atoms with E-state index in [9.17, 15) is 14.4 Å². The van der Waals surface area contributed by atoms with Crippen LogP contribution in [0, 0.1) is 0 Å². The Balaban J connectivity index is 1.65. The maximum Gasteiger partial charge on any atom is 0.306 e. The van der Waals surface area contributed by atoms with E-state index in [2.05, 4.69) is 10.6 Å². The van der Waals surface area contributed by atoms with E-state index in [0.29, 0.717) is 17.1 Å². The molecule has 0 unspecified atom stereocenters. The molecule has 7 nitrogen and oxygen atoms in total. The number of para-hydroxylation sites is 1. The van der Waals surface area contributed by atoms with Gasteiger partial charge in [-0.25, -0.2) is 0 Å². The number of rotatable bonds is 8. The fraction of sp³-hybridized carbons (Fsp3) is 0.211. The molecule has 0 fully saturated rings. The quantitative estimate of drug-likeness (QED) is 0.709. The molecule has 0 heterocycles. The standard InChI is InChI=1S/C19H20N2O5/c1-25-16-9-7-15(8-10-16)21-18(23)13-26-19(24)12-11-17(22)20-14-5-3-2-4-6-14/h2-10H,11-13H2,1H3,(H,20,22)(H,21,23). The van der Waals surface area contributed by atoms with Gasteiger partial charge in [0.15, 0.2) is 6.61 Å². The number of benzene rings is 2. The Hall–Kier alpha value is -3.35. The van der Waals surface area contributed by atoms with E-state index in [1.54, 1.807) is 55.6 Å². The first-order valence-electron chi connectivity index (χ1n) is 8.01. The Kier molecular flexibility index (Phi) is 7.17. The molecule has 0 saturated heterocycles. The zero-order valence-electron chi connectivity index (χ0n) is 14.4. The van der Waals surface area contributed by atoms with Crippen LogP contribution < -0.4 is 15.4 Å². The molecule has 0 radical (unpaired) electrons. The molecular formula is C19H20N2O5. The minimum Gasteiger partial charge on any atom is -0.497 e. The maximum absolute atomic E-state index is 11.8. The number of esters is 1. The molecule has 0 aliphatic rings. The summed E-state index contributed by atoms with van der Waals surface area (Å²) in [5.41, 5.74) is 1.22. The number of hydrogen-bond acceptors (Lipinski definition) is 5. The van der Waals surface area contributed by atoms with Crippen molar-refractivity contribution in [2.45, 2.75) is 12.8 Å². The van der Waals surface area contributed by atoms with E-state index >= 15 is 0 Å². The van der Waals surface area contributed by atoms with Crippen molar-refractivity contribution in [2.24, 2.45) is 0 Å². The van der Waals surface area contributed by atoms with Gasteiger partial charge >= 0.3 is 5.97 Å². The van der Waals surface area contributed by atoms with Crippen molar-refractivity contribution < 1.29 is 23.9 Å². The summed E-state index contributed by atoms with van der Waals surface area (Å²) in [6, 6.07) is 15.7. The van der Waals surface area contributed by atoms with Crippen LogP contribution in [0.5, 0.6) is 5.75 Å². The first kappa shape index (κ1) is 19.0. The normalized spacial score (nSPS) is 9.88. The zero-order valence-corrected chi connectivity index (χ0v) is 14.4. The summed E-state index contributed by atoms with van der Waals surface area (Å²) in [5, 5.41) is 5.26. The molecule has 7 heteroatoms. The molecule has 2 amide bonds. The van der Waals surface area contributed by atoms with Gasteiger partial charge in [-0.2, -0.15) is 0 Å². The molecular weight excluding hydrogens is 336 g/mol. The monoisotopic (exact) mass is 356 g/mol. The van der Waals surface area contributed by atoms with Crippen LogP contribution in [0.4, 0.5) is 11.4 Å². The molecule has 0 atom stereocenters. The van der Waals surface area contributed by atoms with E-state index in [-0.39, 0.29) is 18.7 Å². The van der Waals surface area contributed by atoms with Gasteiger partial charge in [-0.05, 0) is 36.4 Å². The SMILES string of the molecule is COc1ccc(NC(=O)COC(=O)CCC(=O)Nc2ccccc2)cc1. The molecule has 0 aliphatic carbocycles. The van der Waals surface area contributed by atoms with Crippen LogP contribution in [-0.4, -0.2) is 31.5 Å². The lowest BCUT2D eigenvalue weighted by molar-refractivity contribution is -0.147. The second-order valence-electron chi connectivity index (χ2n) is 5.35. The van der Waals surface area contributed by atoms with E-state index in [4.69, 9.17) is 9.47 Å². The Morgan fingerprint density at radius 1 is 0.808 bits per heavy atom. The summed E-state index contributed by atoms with van der Waals surface area (Å²) in [7, 11) is 1.55. The lowest BCUT2D eigenvalue weighted by Gasteiger charge is -2.08. The highest BCUT2D eigenvalue weighted by molar-refractivity contribution is 5.94. The Bertz CT molecular complexity index is 744. The minimum absolute atomic E-state index is 0.0200. The van der Waals surface area contributed by atoms with Gasteiger partial charge in [-0.15, -0.1) is 0 Å². The Morgan fingerprint density at radius 3 is 2.08 bits per heavy atom. The fourth-order valence-electron chi connectivity index (χ4n) is 2.05.